The normalized spacial score (nSPS) is 20.1. The minimum atomic E-state index is -0.373. The molecule has 160 valence electrons. The second-order valence-electron chi connectivity index (χ2n) is 7.36. The molecule has 9 heteroatoms. The molecule has 7 nitrogen and oxygen atoms in total. The van der Waals surface area contributed by atoms with Crippen LogP contribution in [0.4, 0.5) is 0 Å². The van der Waals surface area contributed by atoms with Gasteiger partial charge in [-0.3, -0.25) is 24.3 Å². The zero-order chi connectivity index (χ0) is 19.7. The maximum atomic E-state index is 12.8. The molecule has 0 radical (unpaired) electrons. The number of halogens is 2. The first kappa shape index (κ1) is 23.8. The summed E-state index contributed by atoms with van der Waals surface area (Å²) in [5.74, 6) is -0.923. The lowest BCUT2D eigenvalue weighted by Crippen LogP contribution is -2.46. The Balaban J connectivity index is 0.00000160. The molecule has 0 bridgehead atoms. The van der Waals surface area contributed by atoms with E-state index in [9.17, 15) is 14.4 Å². The van der Waals surface area contributed by atoms with Crippen LogP contribution in [-0.2, 0) is 6.54 Å². The average Bonchev–Trinajstić information content (AvgIpc) is 2.93. The largest absolute Gasteiger partial charge is 0.349 e. The maximum Gasteiger partial charge on any atom is 0.261 e. The highest BCUT2D eigenvalue weighted by Crippen LogP contribution is 2.25. The van der Waals surface area contributed by atoms with Gasteiger partial charge in [-0.2, -0.15) is 0 Å². The molecular formula is C21H24Cl2N4O3. The molecule has 1 fully saturated rings. The lowest BCUT2D eigenvalue weighted by atomic mass is 9.99. The highest BCUT2D eigenvalue weighted by Gasteiger charge is 2.36. The number of imide groups is 1. The molecule has 0 saturated carbocycles. The number of carbonyl (C=O) groups excluding carboxylic acids is 3. The van der Waals surface area contributed by atoms with E-state index in [1.54, 1.807) is 36.7 Å². The van der Waals surface area contributed by atoms with E-state index in [0.717, 1.165) is 24.9 Å². The lowest BCUT2D eigenvalue weighted by molar-refractivity contribution is 0.0642. The number of hydrogen-bond donors (Lipinski definition) is 2. The van der Waals surface area contributed by atoms with E-state index in [2.05, 4.69) is 22.5 Å². The van der Waals surface area contributed by atoms with Gasteiger partial charge in [0.2, 0.25) is 0 Å². The van der Waals surface area contributed by atoms with Crippen molar-refractivity contribution in [3.05, 3.63) is 65.0 Å². The summed E-state index contributed by atoms with van der Waals surface area (Å²) in [5, 5.41) is 6.39. The fourth-order valence-electron chi connectivity index (χ4n) is 3.78. The van der Waals surface area contributed by atoms with E-state index in [1.807, 2.05) is 0 Å². The van der Waals surface area contributed by atoms with Crippen LogP contribution in [0.2, 0.25) is 0 Å². The lowest BCUT2D eigenvalue weighted by Gasteiger charge is -2.28. The second-order valence-corrected chi connectivity index (χ2v) is 7.36. The minimum Gasteiger partial charge on any atom is -0.349 e. The van der Waals surface area contributed by atoms with Gasteiger partial charge < -0.3 is 10.6 Å². The fraction of sp³-hybridized carbons (Fsp3) is 0.333. The third-order valence-corrected chi connectivity index (χ3v) is 5.28. The second kappa shape index (κ2) is 10.0. The molecule has 0 spiro atoms. The van der Waals surface area contributed by atoms with Crippen molar-refractivity contribution in [2.45, 2.75) is 38.4 Å². The van der Waals surface area contributed by atoms with E-state index in [1.165, 1.54) is 11.0 Å². The highest BCUT2D eigenvalue weighted by molar-refractivity contribution is 6.22. The number of amides is 3. The summed E-state index contributed by atoms with van der Waals surface area (Å²) in [4.78, 5) is 43.2. The van der Waals surface area contributed by atoms with Crippen molar-refractivity contribution in [3.63, 3.8) is 0 Å². The number of pyridine rings is 1. The zero-order valence-electron chi connectivity index (χ0n) is 16.5. The first-order valence-electron chi connectivity index (χ1n) is 9.46. The molecule has 4 rings (SSSR count). The SMILES string of the molecule is CC1CC(NC(=O)c2ccc3c(c2)C(=O)N(Cc2ccncc2)C3=O)CCN1.Cl.Cl. The van der Waals surface area contributed by atoms with Crippen LogP contribution < -0.4 is 10.6 Å². The molecule has 2 N–H and O–H groups in total. The summed E-state index contributed by atoms with van der Waals surface area (Å²) in [7, 11) is 0. The van der Waals surface area contributed by atoms with Gasteiger partial charge >= 0.3 is 0 Å². The Labute approximate surface area is 187 Å². The van der Waals surface area contributed by atoms with Crippen LogP contribution in [0, 0.1) is 0 Å². The molecule has 2 aliphatic rings. The summed E-state index contributed by atoms with van der Waals surface area (Å²) in [6.07, 6.45) is 4.99. The molecule has 2 atom stereocenters. The van der Waals surface area contributed by atoms with E-state index < -0.39 is 0 Å². The number of hydrogen-bond acceptors (Lipinski definition) is 5. The number of nitrogens with zero attached hydrogens (tertiary/aromatic N) is 2. The van der Waals surface area contributed by atoms with Gasteiger partial charge in [0, 0.05) is 30.0 Å². The van der Waals surface area contributed by atoms with Crippen LogP contribution in [0.1, 0.15) is 56.4 Å². The third-order valence-electron chi connectivity index (χ3n) is 5.28. The molecular weight excluding hydrogens is 427 g/mol. The molecule has 1 aromatic carbocycles. The van der Waals surface area contributed by atoms with Crippen molar-refractivity contribution in [1.82, 2.24) is 20.5 Å². The number of rotatable bonds is 4. The number of benzene rings is 1. The molecule has 0 aliphatic carbocycles. The van der Waals surface area contributed by atoms with E-state index in [-0.39, 0.29) is 60.7 Å². The topological polar surface area (TPSA) is 91.4 Å². The van der Waals surface area contributed by atoms with Crippen LogP contribution in [0.25, 0.3) is 0 Å². The summed E-state index contributed by atoms with van der Waals surface area (Å²) in [6, 6.07) is 8.71. The van der Waals surface area contributed by atoms with E-state index >= 15 is 0 Å². The summed E-state index contributed by atoms with van der Waals surface area (Å²) in [6.45, 7) is 3.14. The molecule has 30 heavy (non-hydrogen) atoms. The van der Waals surface area contributed by atoms with Crippen molar-refractivity contribution in [2.24, 2.45) is 0 Å². The van der Waals surface area contributed by atoms with Gasteiger partial charge in [0.05, 0.1) is 17.7 Å². The molecule has 2 unspecified atom stereocenters. The Morgan fingerprint density at radius 3 is 2.53 bits per heavy atom. The zero-order valence-corrected chi connectivity index (χ0v) is 18.1. The van der Waals surface area contributed by atoms with Crippen molar-refractivity contribution in [1.29, 1.82) is 0 Å². The Bertz CT molecular complexity index is 939. The van der Waals surface area contributed by atoms with Crippen LogP contribution in [-0.4, -0.2) is 46.2 Å². The number of aromatic nitrogens is 1. The van der Waals surface area contributed by atoms with Crippen molar-refractivity contribution in [2.75, 3.05) is 6.54 Å². The minimum absolute atomic E-state index is 0. The predicted octanol–water partition coefficient (Wildman–Crippen LogP) is 2.59. The first-order valence-corrected chi connectivity index (χ1v) is 9.46. The summed E-state index contributed by atoms with van der Waals surface area (Å²) in [5.41, 5.74) is 1.84. The quantitative estimate of drug-likeness (QED) is 0.698. The van der Waals surface area contributed by atoms with Gasteiger partial charge in [-0.15, -0.1) is 24.8 Å². The predicted molar refractivity (Wildman–Crippen MR) is 117 cm³/mol. The monoisotopic (exact) mass is 450 g/mol. The number of piperidine rings is 1. The van der Waals surface area contributed by atoms with Crippen molar-refractivity contribution < 1.29 is 14.4 Å². The Morgan fingerprint density at radius 2 is 1.83 bits per heavy atom. The maximum absolute atomic E-state index is 12.8. The smallest absolute Gasteiger partial charge is 0.261 e. The van der Waals surface area contributed by atoms with Gasteiger partial charge in [-0.25, -0.2) is 0 Å². The van der Waals surface area contributed by atoms with Crippen molar-refractivity contribution >= 4 is 42.5 Å². The number of carbonyl (C=O) groups is 3. The van der Waals surface area contributed by atoms with Gasteiger partial charge in [0.25, 0.3) is 17.7 Å². The molecule has 2 aliphatic heterocycles. The molecule has 3 heterocycles. The van der Waals surface area contributed by atoms with Gasteiger partial charge in [-0.05, 0) is 62.2 Å². The molecule has 3 amide bonds. The average molecular weight is 451 g/mol. The van der Waals surface area contributed by atoms with Gasteiger partial charge in [-0.1, -0.05) is 0 Å². The summed E-state index contributed by atoms with van der Waals surface area (Å²) >= 11 is 0. The van der Waals surface area contributed by atoms with Crippen LogP contribution in [0.5, 0.6) is 0 Å². The van der Waals surface area contributed by atoms with E-state index in [0.29, 0.717) is 17.2 Å². The van der Waals surface area contributed by atoms with Crippen molar-refractivity contribution in [3.8, 4) is 0 Å². The van der Waals surface area contributed by atoms with Gasteiger partial charge in [0.15, 0.2) is 0 Å². The van der Waals surface area contributed by atoms with E-state index in [4.69, 9.17) is 0 Å². The molecule has 2 aromatic rings. The van der Waals surface area contributed by atoms with Crippen LogP contribution in [0.3, 0.4) is 0 Å². The summed E-state index contributed by atoms with van der Waals surface area (Å²) < 4.78 is 0. The highest BCUT2D eigenvalue weighted by atomic mass is 35.5. The third kappa shape index (κ3) is 4.80. The van der Waals surface area contributed by atoms with Crippen LogP contribution >= 0.6 is 24.8 Å². The van der Waals surface area contributed by atoms with Crippen LogP contribution in [0.15, 0.2) is 42.7 Å². The number of nitrogens with one attached hydrogen (secondary N) is 2. The Kier molecular flexibility index (Phi) is 7.95. The first-order chi connectivity index (χ1) is 13.5. The molecule has 1 saturated heterocycles. The Hall–Kier alpha value is -2.48. The number of fused-ring (bicyclic) bond motifs is 1. The Morgan fingerprint density at radius 1 is 1.13 bits per heavy atom. The molecule has 1 aromatic heterocycles. The van der Waals surface area contributed by atoms with Gasteiger partial charge in [0.1, 0.15) is 0 Å². The fourth-order valence-corrected chi connectivity index (χ4v) is 3.78. The standard InChI is InChI=1S/C21H22N4O3.2ClH/c1-13-10-16(6-9-23-13)24-19(26)15-2-3-17-18(11-15)21(28)25(20(17)27)12-14-4-7-22-8-5-14;;/h2-5,7-8,11,13,16,23H,6,9-10,12H2,1H3,(H,24,26);2*1H.